The van der Waals surface area contributed by atoms with Crippen LogP contribution in [0.2, 0.25) is 5.02 Å². The van der Waals surface area contributed by atoms with Crippen LogP contribution in [0.4, 0.5) is 5.69 Å². The van der Waals surface area contributed by atoms with Crippen molar-refractivity contribution in [2.45, 2.75) is 33.2 Å². The zero-order valence-corrected chi connectivity index (χ0v) is 15.5. The topological polar surface area (TPSA) is 49.4 Å². The van der Waals surface area contributed by atoms with Crippen molar-refractivity contribution in [2.24, 2.45) is 0 Å². The Balaban J connectivity index is 2.11. The fourth-order valence-electron chi connectivity index (χ4n) is 2.62. The van der Waals surface area contributed by atoms with Crippen molar-refractivity contribution in [3.05, 3.63) is 64.7 Å². The van der Waals surface area contributed by atoms with Gasteiger partial charge >= 0.3 is 0 Å². The van der Waals surface area contributed by atoms with E-state index in [1.165, 1.54) is 11.8 Å². The molecule has 0 radical (unpaired) electrons. The minimum Gasteiger partial charge on any atom is -0.350 e. The molecule has 0 saturated heterocycles. The first-order valence-electron chi connectivity index (χ1n) is 8.27. The van der Waals surface area contributed by atoms with Gasteiger partial charge in [0.05, 0.1) is 0 Å². The van der Waals surface area contributed by atoms with Crippen LogP contribution in [0.1, 0.15) is 37.8 Å². The fourth-order valence-corrected chi connectivity index (χ4v) is 2.83. The van der Waals surface area contributed by atoms with Crippen LogP contribution in [-0.4, -0.2) is 18.4 Å². The minimum absolute atomic E-state index is 0.0243. The van der Waals surface area contributed by atoms with Crippen LogP contribution >= 0.6 is 11.6 Å². The van der Waals surface area contributed by atoms with Gasteiger partial charge in [-0.25, -0.2) is 0 Å². The van der Waals surface area contributed by atoms with Gasteiger partial charge in [-0.15, -0.1) is 0 Å². The molecule has 0 unspecified atom stereocenters. The van der Waals surface area contributed by atoms with Crippen LogP contribution in [0.15, 0.2) is 48.5 Å². The molecule has 0 aliphatic rings. The molecule has 0 atom stereocenters. The second kappa shape index (κ2) is 8.67. The van der Waals surface area contributed by atoms with E-state index in [1.807, 2.05) is 42.5 Å². The summed E-state index contributed by atoms with van der Waals surface area (Å²) in [5, 5.41) is 3.43. The van der Waals surface area contributed by atoms with Gasteiger partial charge in [0, 0.05) is 24.2 Å². The van der Waals surface area contributed by atoms with E-state index in [0.717, 1.165) is 16.8 Å². The van der Waals surface area contributed by atoms with Crippen molar-refractivity contribution in [2.75, 3.05) is 11.4 Å². The highest BCUT2D eigenvalue weighted by atomic mass is 35.5. The monoisotopic (exact) mass is 358 g/mol. The summed E-state index contributed by atoms with van der Waals surface area (Å²) in [6.45, 7) is 5.90. The van der Waals surface area contributed by atoms with Crippen LogP contribution in [0.25, 0.3) is 0 Å². The third-order valence-corrected chi connectivity index (χ3v) is 4.33. The van der Waals surface area contributed by atoms with Crippen LogP contribution < -0.4 is 10.2 Å². The highest BCUT2D eigenvalue weighted by Gasteiger charge is 2.19. The number of rotatable bonds is 6. The maximum atomic E-state index is 12.3. The first kappa shape index (κ1) is 19.0. The molecule has 0 spiro atoms. The van der Waals surface area contributed by atoms with E-state index >= 15 is 0 Å². The van der Waals surface area contributed by atoms with Gasteiger partial charge in [-0.3, -0.25) is 9.59 Å². The Morgan fingerprint density at radius 3 is 2.36 bits per heavy atom. The average Bonchev–Trinajstić information content (AvgIpc) is 2.58. The molecule has 2 amide bonds. The summed E-state index contributed by atoms with van der Waals surface area (Å²) in [5.74, 6) is -0.140. The van der Waals surface area contributed by atoms with Crippen molar-refractivity contribution < 1.29 is 9.59 Å². The standard InChI is InChI=1S/C20H23ClN2O2/c1-14(2)17-9-5-7-11-19(17)23(15(3)24)13-20(25)22-12-16-8-4-6-10-18(16)21/h4-11,14H,12-13H2,1-3H3,(H,22,25). The minimum atomic E-state index is -0.228. The first-order chi connectivity index (χ1) is 11.9. The molecule has 0 aromatic heterocycles. The van der Waals surface area contributed by atoms with E-state index in [9.17, 15) is 9.59 Å². The second-order valence-electron chi connectivity index (χ2n) is 6.19. The quantitative estimate of drug-likeness (QED) is 0.843. The van der Waals surface area contributed by atoms with E-state index in [-0.39, 0.29) is 24.3 Å². The Bertz CT molecular complexity index is 759. The van der Waals surface area contributed by atoms with Gasteiger partial charge in [0.2, 0.25) is 11.8 Å². The van der Waals surface area contributed by atoms with Crippen molar-refractivity contribution in [3.63, 3.8) is 0 Å². The van der Waals surface area contributed by atoms with E-state index in [1.54, 1.807) is 6.07 Å². The summed E-state index contributed by atoms with van der Waals surface area (Å²) in [4.78, 5) is 26.0. The maximum absolute atomic E-state index is 12.3. The second-order valence-corrected chi connectivity index (χ2v) is 6.59. The van der Waals surface area contributed by atoms with E-state index in [0.29, 0.717) is 11.6 Å². The summed E-state index contributed by atoms with van der Waals surface area (Å²) >= 11 is 6.10. The molecule has 2 aromatic rings. The number of hydrogen-bond donors (Lipinski definition) is 1. The van der Waals surface area contributed by atoms with E-state index in [4.69, 9.17) is 11.6 Å². The summed E-state index contributed by atoms with van der Waals surface area (Å²) in [6.07, 6.45) is 0. The van der Waals surface area contributed by atoms with Crippen LogP contribution in [0.3, 0.4) is 0 Å². The Hall–Kier alpha value is -2.33. The van der Waals surface area contributed by atoms with Crippen LogP contribution in [-0.2, 0) is 16.1 Å². The van der Waals surface area contributed by atoms with Crippen LogP contribution in [0, 0.1) is 0 Å². The van der Waals surface area contributed by atoms with Crippen molar-refractivity contribution >= 4 is 29.1 Å². The predicted molar refractivity (Wildman–Crippen MR) is 102 cm³/mol. The number of hydrogen-bond acceptors (Lipinski definition) is 2. The lowest BCUT2D eigenvalue weighted by Gasteiger charge is -2.25. The van der Waals surface area contributed by atoms with Gasteiger partial charge in [-0.1, -0.05) is 61.8 Å². The normalized spacial score (nSPS) is 10.6. The summed E-state index contributed by atoms with van der Waals surface area (Å²) in [7, 11) is 0. The third-order valence-electron chi connectivity index (χ3n) is 3.97. The first-order valence-corrected chi connectivity index (χ1v) is 8.65. The zero-order chi connectivity index (χ0) is 18.4. The molecular formula is C20H23ClN2O2. The Labute approximate surface area is 153 Å². The van der Waals surface area contributed by atoms with Crippen molar-refractivity contribution in [1.29, 1.82) is 0 Å². The third kappa shape index (κ3) is 5.07. The molecule has 0 heterocycles. The molecule has 0 aliphatic heterocycles. The largest absolute Gasteiger partial charge is 0.350 e. The Morgan fingerprint density at radius 2 is 1.72 bits per heavy atom. The fraction of sp³-hybridized carbons (Fsp3) is 0.300. The van der Waals surface area contributed by atoms with Gasteiger partial charge in [0.25, 0.3) is 0 Å². The highest BCUT2D eigenvalue weighted by molar-refractivity contribution is 6.31. The summed E-state index contributed by atoms with van der Waals surface area (Å²) in [5.41, 5.74) is 2.66. The van der Waals surface area contributed by atoms with Crippen molar-refractivity contribution in [1.82, 2.24) is 5.32 Å². The molecule has 2 rings (SSSR count). The lowest BCUT2D eigenvalue weighted by molar-refractivity contribution is -0.123. The van der Waals surface area contributed by atoms with Gasteiger partial charge in [-0.05, 0) is 29.2 Å². The predicted octanol–water partition coefficient (Wildman–Crippen LogP) is 4.13. The number of anilines is 1. The number of nitrogens with one attached hydrogen (secondary N) is 1. The smallest absolute Gasteiger partial charge is 0.240 e. The molecule has 132 valence electrons. The molecule has 2 aromatic carbocycles. The Kier molecular flexibility index (Phi) is 6.59. The number of halogens is 1. The number of para-hydroxylation sites is 1. The summed E-state index contributed by atoms with van der Waals surface area (Å²) in [6, 6.07) is 15.0. The van der Waals surface area contributed by atoms with E-state index < -0.39 is 0 Å². The molecule has 0 bridgehead atoms. The lowest BCUT2D eigenvalue weighted by atomic mass is 10.0. The van der Waals surface area contributed by atoms with Crippen LogP contribution in [0.5, 0.6) is 0 Å². The molecule has 5 heteroatoms. The molecule has 4 nitrogen and oxygen atoms in total. The zero-order valence-electron chi connectivity index (χ0n) is 14.8. The van der Waals surface area contributed by atoms with Gasteiger partial charge < -0.3 is 10.2 Å². The number of carbonyl (C=O) groups is 2. The highest BCUT2D eigenvalue weighted by Crippen LogP contribution is 2.27. The van der Waals surface area contributed by atoms with Gasteiger partial charge in [-0.2, -0.15) is 0 Å². The molecule has 0 aliphatic carbocycles. The molecule has 25 heavy (non-hydrogen) atoms. The van der Waals surface area contributed by atoms with E-state index in [2.05, 4.69) is 19.2 Å². The lowest BCUT2D eigenvalue weighted by Crippen LogP contribution is -2.40. The average molecular weight is 359 g/mol. The SMILES string of the molecule is CC(=O)N(CC(=O)NCc1ccccc1Cl)c1ccccc1C(C)C. The van der Waals surface area contributed by atoms with Gasteiger partial charge in [0.15, 0.2) is 0 Å². The molecule has 0 fully saturated rings. The Morgan fingerprint density at radius 1 is 1.08 bits per heavy atom. The number of nitrogens with zero attached hydrogens (tertiary/aromatic N) is 1. The number of carbonyl (C=O) groups excluding carboxylic acids is 2. The number of benzene rings is 2. The molecular weight excluding hydrogens is 336 g/mol. The maximum Gasteiger partial charge on any atom is 0.240 e. The molecule has 1 N–H and O–H groups in total. The van der Waals surface area contributed by atoms with Crippen molar-refractivity contribution in [3.8, 4) is 0 Å². The molecule has 0 saturated carbocycles. The summed E-state index contributed by atoms with van der Waals surface area (Å²) < 4.78 is 0. The van der Waals surface area contributed by atoms with Gasteiger partial charge in [0.1, 0.15) is 6.54 Å². The number of amides is 2.